The first-order chi connectivity index (χ1) is 20.4. The number of urea groups is 1. The molecule has 3 rings (SSSR count). The number of aliphatic carboxylic acids is 1. The molecule has 2 N–H and O–H groups in total. The largest absolute Gasteiger partial charge is 0.493 e. The first-order valence-corrected chi connectivity index (χ1v) is 14.7. The van der Waals surface area contributed by atoms with E-state index in [9.17, 15) is 19.5 Å². The Morgan fingerprint density at radius 2 is 1.77 bits per heavy atom. The topological polar surface area (TPSA) is 114 Å². The van der Waals surface area contributed by atoms with Gasteiger partial charge in [0.25, 0.3) is 5.92 Å². The lowest BCUT2D eigenvalue weighted by Gasteiger charge is -2.38. The van der Waals surface area contributed by atoms with Gasteiger partial charge in [-0.3, -0.25) is 4.79 Å². The fraction of sp³-hybridized carbons (Fsp3) is 0.516. The summed E-state index contributed by atoms with van der Waals surface area (Å²) in [5.41, 5.74) is -0.776. The number of ketones is 1. The Balaban J connectivity index is 2.04. The maximum atomic E-state index is 15.2. The van der Waals surface area contributed by atoms with Gasteiger partial charge < -0.3 is 29.5 Å². The van der Waals surface area contributed by atoms with Crippen molar-refractivity contribution in [2.24, 2.45) is 0 Å². The van der Waals surface area contributed by atoms with Gasteiger partial charge in [-0.05, 0) is 39.3 Å². The fourth-order valence-corrected chi connectivity index (χ4v) is 5.47. The average molecular weight is 625 g/mol. The number of alkyl halides is 2. The lowest BCUT2D eigenvalue weighted by molar-refractivity contribution is -0.148. The van der Waals surface area contributed by atoms with Gasteiger partial charge in [-0.2, -0.15) is 0 Å². The van der Waals surface area contributed by atoms with E-state index in [2.05, 4.69) is 5.32 Å². The zero-order chi connectivity index (χ0) is 31.8. The summed E-state index contributed by atoms with van der Waals surface area (Å²) >= 11 is 6.77. The molecule has 9 nitrogen and oxygen atoms in total. The highest BCUT2D eigenvalue weighted by Gasteiger charge is 2.44. The van der Waals surface area contributed by atoms with Crippen molar-refractivity contribution in [3.8, 4) is 11.5 Å². The second-order valence-corrected chi connectivity index (χ2v) is 10.8. The van der Waals surface area contributed by atoms with Gasteiger partial charge in [-0.25, -0.2) is 18.4 Å². The second-order valence-electron chi connectivity index (χ2n) is 10.5. The highest BCUT2D eigenvalue weighted by atomic mass is 35.5. The summed E-state index contributed by atoms with van der Waals surface area (Å²) in [6.45, 7) is 6.55. The molecule has 2 amide bonds. The number of hydrogen-bond acceptors (Lipinski definition) is 6. The molecule has 1 atom stereocenters. The average Bonchev–Trinajstić information content (AvgIpc) is 2.95. The van der Waals surface area contributed by atoms with Gasteiger partial charge in [0.2, 0.25) is 0 Å². The summed E-state index contributed by atoms with van der Waals surface area (Å²) in [7, 11) is 0. The number of halogens is 3. The predicted molar refractivity (Wildman–Crippen MR) is 158 cm³/mol. The highest BCUT2D eigenvalue weighted by Crippen LogP contribution is 2.43. The smallest absolute Gasteiger partial charge is 0.329 e. The molecule has 12 heteroatoms. The molecular weight excluding hydrogens is 586 g/mol. The van der Waals surface area contributed by atoms with Crippen LogP contribution in [0.3, 0.4) is 0 Å². The van der Waals surface area contributed by atoms with Gasteiger partial charge in [0, 0.05) is 51.0 Å². The van der Waals surface area contributed by atoms with E-state index in [0.717, 1.165) is 4.90 Å². The standard InChI is InChI=1S/C31H39ClF2N2O7/c1-5-42-24-18-23(26(32)27(43-6-2)25(24)21(4)37)20(3)36(15-12-31(33,34)19-22-10-8-7-9-11-22)29(40)35-30(28(38)39)13-16-41-17-14-30/h7-11,18,20H,5-6,12-17,19H2,1-4H3,(H,35,40)(H,38,39)/t20-/m1/s1. The molecule has 0 radical (unpaired) electrons. The molecule has 0 saturated carbocycles. The third kappa shape index (κ3) is 8.35. The summed E-state index contributed by atoms with van der Waals surface area (Å²) in [4.78, 5) is 39.8. The monoisotopic (exact) mass is 624 g/mol. The Hall–Kier alpha value is -3.44. The van der Waals surface area contributed by atoms with Crippen molar-refractivity contribution in [2.45, 2.75) is 70.9 Å². The number of nitrogens with one attached hydrogen (secondary N) is 1. The van der Waals surface area contributed by atoms with Crippen LogP contribution in [-0.4, -0.2) is 72.2 Å². The van der Waals surface area contributed by atoms with E-state index in [1.54, 1.807) is 51.1 Å². The van der Waals surface area contributed by atoms with Crippen LogP contribution in [0.1, 0.15) is 74.5 Å². The molecule has 0 bridgehead atoms. The third-order valence-electron chi connectivity index (χ3n) is 7.46. The first-order valence-electron chi connectivity index (χ1n) is 14.3. The molecule has 1 aliphatic heterocycles. The van der Waals surface area contributed by atoms with Crippen LogP contribution < -0.4 is 14.8 Å². The Morgan fingerprint density at radius 3 is 2.33 bits per heavy atom. The van der Waals surface area contributed by atoms with E-state index in [-0.39, 0.29) is 72.7 Å². The zero-order valence-corrected chi connectivity index (χ0v) is 25.6. The molecule has 1 heterocycles. The molecule has 236 valence electrons. The summed E-state index contributed by atoms with van der Waals surface area (Å²) in [5.74, 6) is -4.55. The van der Waals surface area contributed by atoms with Crippen LogP contribution in [0, 0.1) is 0 Å². The number of rotatable bonds is 14. The van der Waals surface area contributed by atoms with Crippen molar-refractivity contribution in [1.82, 2.24) is 10.2 Å². The number of carbonyl (C=O) groups is 3. The van der Waals surface area contributed by atoms with Crippen molar-refractivity contribution in [1.29, 1.82) is 0 Å². The van der Waals surface area contributed by atoms with Crippen molar-refractivity contribution in [2.75, 3.05) is 33.0 Å². The second kappa shape index (κ2) is 14.8. The molecule has 0 aliphatic carbocycles. The maximum absolute atomic E-state index is 15.2. The number of nitrogens with zero attached hydrogens (tertiary/aromatic N) is 1. The third-order valence-corrected chi connectivity index (χ3v) is 7.85. The summed E-state index contributed by atoms with van der Waals surface area (Å²) in [6.07, 6.45) is -1.22. The van der Waals surface area contributed by atoms with E-state index in [4.69, 9.17) is 25.8 Å². The van der Waals surface area contributed by atoms with Crippen molar-refractivity contribution < 1.29 is 42.5 Å². The van der Waals surface area contributed by atoms with Crippen LogP contribution in [0.4, 0.5) is 13.6 Å². The van der Waals surface area contributed by atoms with Crippen molar-refractivity contribution in [3.63, 3.8) is 0 Å². The Labute approximate surface area is 255 Å². The molecule has 0 unspecified atom stereocenters. The van der Waals surface area contributed by atoms with E-state index < -0.39 is 48.9 Å². The van der Waals surface area contributed by atoms with E-state index >= 15 is 8.78 Å². The molecular formula is C31H39ClF2N2O7. The first kappa shape index (κ1) is 34.1. The number of carbonyl (C=O) groups excluding carboxylic acids is 2. The van der Waals surface area contributed by atoms with Gasteiger partial charge in [0.15, 0.2) is 11.5 Å². The van der Waals surface area contributed by atoms with Gasteiger partial charge >= 0.3 is 12.0 Å². The summed E-state index contributed by atoms with van der Waals surface area (Å²) < 4.78 is 47.2. The van der Waals surface area contributed by atoms with Crippen LogP contribution in [0.25, 0.3) is 0 Å². The molecule has 0 spiro atoms. The Kier molecular flexibility index (Phi) is 11.7. The predicted octanol–water partition coefficient (Wildman–Crippen LogP) is 6.31. The number of ether oxygens (including phenoxy) is 3. The quantitative estimate of drug-likeness (QED) is 0.237. The minimum absolute atomic E-state index is 0.0114. The minimum Gasteiger partial charge on any atom is -0.493 e. The minimum atomic E-state index is -3.18. The Morgan fingerprint density at radius 1 is 1.14 bits per heavy atom. The molecule has 43 heavy (non-hydrogen) atoms. The normalized spacial score (nSPS) is 15.3. The number of benzene rings is 2. The van der Waals surface area contributed by atoms with Crippen molar-refractivity contribution in [3.05, 3.63) is 58.1 Å². The number of hydrogen-bond donors (Lipinski definition) is 2. The molecule has 1 aliphatic rings. The van der Waals surface area contributed by atoms with Crippen LogP contribution in [0.2, 0.25) is 5.02 Å². The SMILES string of the molecule is CCOc1cc([C@@H](C)N(CCC(F)(F)Cc2ccccc2)C(=O)NC2(C(=O)O)CCOCC2)c(Cl)c(OCC)c1C(C)=O. The maximum Gasteiger partial charge on any atom is 0.329 e. The van der Waals surface area contributed by atoms with Gasteiger partial charge in [-0.15, -0.1) is 0 Å². The van der Waals surface area contributed by atoms with Crippen LogP contribution in [0.5, 0.6) is 11.5 Å². The van der Waals surface area contributed by atoms with Gasteiger partial charge in [0.1, 0.15) is 16.9 Å². The van der Waals surface area contributed by atoms with E-state index in [1.165, 1.54) is 13.0 Å². The summed E-state index contributed by atoms with van der Waals surface area (Å²) in [5, 5.41) is 12.6. The van der Waals surface area contributed by atoms with Crippen LogP contribution in [0.15, 0.2) is 36.4 Å². The number of carboxylic acid groups (broad SMARTS) is 1. The van der Waals surface area contributed by atoms with Gasteiger partial charge in [-0.1, -0.05) is 41.9 Å². The fourth-order valence-electron chi connectivity index (χ4n) is 5.11. The molecule has 0 aromatic heterocycles. The van der Waals surface area contributed by atoms with Crippen molar-refractivity contribution >= 4 is 29.4 Å². The lowest BCUT2D eigenvalue weighted by atomic mass is 9.90. The number of Topliss-reactive ketones (excluding diaryl/α,β-unsaturated/α-hetero) is 1. The van der Waals surface area contributed by atoms with E-state index in [1.807, 2.05) is 0 Å². The zero-order valence-electron chi connectivity index (χ0n) is 24.9. The van der Waals surface area contributed by atoms with Crippen LogP contribution >= 0.6 is 11.6 Å². The van der Waals surface area contributed by atoms with Crippen LogP contribution in [-0.2, 0) is 16.0 Å². The number of amides is 2. The molecule has 2 aromatic rings. The molecule has 2 aromatic carbocycles. The Bertz CT molecular complexity index is 1290. The van der Waals surface area contributed by atoms with E-state index in [0.29, 0.717) is 5.56 Å². The molecule has 1 fully saturated rings. The lowest BCUT2D eigenvalue weighted by Crippen LogP contribution is -2.60. The summed E-state index contributed by atoms with van der Waals surface area (Å²) in [6, 6.07) is 7.97. The molecule has 1 saturated heterocycles. The van der Waals surface area contributed by atoms with Gasteiger partial charge in [0.05, 0.1) is 24.3 Å². The number of carboxylic acids is 1. The highest BCUT2D eigenvalue weighted by molar-refractivity contribution is 6.33.